The smallest absolute Gasteiger partial charge is 0.387 e. The van der Waals surface area contributed by atoms with Gasteiger partial charge in [0, 0.05) is 5.56 Å². The molecule has 1 aromatic carbocycles. The van der Waals surface area contributed by atoms with Gasteiger partial charge in [0.2, 0.25) is 0 Å². The largest absolute Gasteiger partial charge is 0.476 e. The normalized spacial score (nSPS) is 10.8. The fraction of sp³-hybridized carbons (Fsp3) is 0.111. The molecular formula is C9H9NO5. The van der Waals surface area contributed by atoms with Crippen LogP contribution in [0.15, 0.2) is 30.3 Å². The van der Waals surface area contributed by atoms with Crippen molar-refractivity contribution >= 4 is 11.9 Å². The Morgan fingerprint density at radius 1 is 1.13 bits per heavy atom. The minimum atomic E-state index is -3.26. The van der Waals surface area contributed by atoms with Gasteiger partial charge in [0.25, 0.3) is 5.91 Å². The summed E-state index contributed by atoms with van der Waals surface area (Å²) in [5.74, 6) is -6.10. The summed E-state index contributed by atoms with van der Waals surface area (Å²) in [4.78, 5) is 21.5. The molecule has 1 amide bonds. The monoisotopic (exact) mass is 211 g/mol. The van der Waals surface area contributed by atoms with Crippen LogP contribution in [0.3, 0.4) is 0 Å². The Kier molecular flexibility index (Phi) is 3.03. The van der Waals surface area contributed by atoms with E-state index >= 15 is 0 Å². The fourth-order valence-electron chi connectivity index (χ4n) is 0.873. The van der Waals surface area contributed by atoms with Crippen molar-refractivity contribution in [3.63, 3.8) is 0 Å². The molecule has 1 rings (SSSR count). The third-order valence-corrected chi connectivity index (χ3v) is 1.62. The highest BCUT2D eigenvalue weighted by molar-refractivity contribution is 5.96. The Morgan fingerprint density at radius 2 is 1.67 bits per heavy atom. The molecule has 0 fully saturated rings. The maximum Gasteiger partial charge on any atom is 0.387 e. The zero-order valence-electron chi connectivity index (χ0n) is 7.54. The quantitative estimate of drug-likeness (QED) is 0.487. The number of carboxylic acids is 1. The van der Waals surface area contributed by atoms with Gasteiger partial charge in [-0.3, -0.25) is 10.1 Å². The number of benzene rings is 1. The Bertz CT molecular complexity index is 373. The van der Waals surface area contributed by atoms with E-state index < -0.39 is 17.8 Å². The number of aliphatic carboxylic acids is 1. The Labute approximate surface area is 84.8 Å². The van der Waals surface area contributed by atoms with E-state index in [0.29, 0.717) is 0 Å². The van der Waals surface area contributed by atoms with Gasteiger partial charge in [-0.15, -0.1) is 0 Å². The lowest BCUT2D eigenvalue weighted by Crippen LogP contribution is -2.54. The Morgan fingerprint density at radius 3 is 2.13 bits per heavy atom. The van der Waals surface area contributed by atoms with Crippen LogP contribution in [0, 0.1) is 0 Å². The van der Waals surface area contributed by atoms with Gasteiger partial charge in [0.05, 0.1) is 0 Å². The molecule has 0 aliphatic carbocycles. The lowest BCUT2D eigenvalue weighted by atomic mass is 10.2. The highest BCUT2D eigenvalue weighted by Crippen LogP contribution is 2.01. The molecule has 6 nitrogen and oxygen atoms in total. The van der Waals surface area contributed by atoms with Gasteiger partial charge in [-0.1, -0.05) is 18.2 Å². The lowest BCUT2D eigenvalue weighted by Gasteiger charge is -2.17. The van der Waals surface area contributed by atoms with Crippen LogP contribution in [0.5, 0.6) is 0 Å². The van der Waals surface area contributed by atoms with Gasteiger partial charge in [-0.25, -0.2) is 4.79 Å². The van der Waals surface area contributed by atoms with Crippen molar-refractivity contribution in [1.82, 2.24) is 5.32 Å². The summed E-state index contributed by atoms with van der Waals surface area (Å²) in [5.41, 5.74) is 0.131. The molecule has 0 saturated heterocycles. The highest BCUT2D eigenvalue weighted by Gasteiger charge is 2.35. The number of aliphatic hydroxyl groups is 2. The molecule has 0 aliphatic heterocycles. The SMILES string of the molecule is O=C(NC(O)(O)C(=O)O)c1ccccc1. The summed E-state index contributed by atoms with van der Waals surface area (Å²) in [6, 6.07) is 7.61. The van der Waals surface area contributed by atoms with E-state index in [-0.39, 0.29) is 5.56 Å². The summed E-state index contributed by atoms with van der Waals surface area (Å²) < 4.78 is 0. The number of hydrogen-bond donors (Lipinski definition) is 4. The molecule has 0 heterocycles. The molecule has 0 atom stereocenters. The van der Waals surface area contributed by atoms with Gasteiger partial charge in [-0.05, 0) is 12.1 Å². The van der Waals surface area contributed by atoms with Gasteiger partial charge < -0.3 is 15.3 Å². The van der Waals surface area contributed by atoms with E-state index in [1.165, 1.54) is 12.1 Å². The van der Waals surface area contributed by atoms with Gasteiger partial charge >= 0.3 is 11.9 Å². The molecule has 0 aliphatic rings. The summed E-state index contributed by atoms with van der Waals surface area (Å²) in [6.07, 6.45) is 0. The maximum absolute atomic E-state index is 11.3. The second-order valence-corrected chi connectivity index (χ2v) is 2.80. The minimum absolute atomic E-state index is 0.131. The summed E-state index contributed by atoms with van der Waals surface area (Å²) in [7, 11) is 0. The third kappa shape index (κ3) is 2.76. The number of carbonyl (C=O) groups excluding carboxylic acids is 1. The number of carboxylic acid groups (broad SMARTS) is 1. The predicted octanol–water partition coefficient (Wildman–Crippen LogP) is -0.861. The van der Waals surface area contributed by atoms with E-state index in [9.17, 15) is 9.59 Å². The van der Waals surface area contributed by atoms with E-state index in [1.54, 1.807) is 23.5 Å². The zero-order valence-corrected chi connectivity index (χ0v) is 7.54. The fourth-order valence-corrected chi connectivity index (χ4v) is 0.873. The second-order valence-electron chi connectivity index (χ2n) is 2.80. The van der Waals surface area contributed by atoms with E-state index in [1.807, 2.05) is 0 Å². The molecule has 6 heteroatoms. The number of amides is 1. The van der Waals surface area contributed by atoms with Crippen molar-refractivity contribution in [2.24, 2.45) is 0 Å². The zero-order chi connectivity index (χ0) is 11.5. The van der Waals surface area contributed by atoms with E-state index in [0.717, 1.165) is 0 Å². The van der Waals surface area contributed by atoms with Crippen molar-refractivity contribution in [2.45, 2.75) is 5.91 Å². The Balaban J connectivity index is 2.77. The number of rotatable bonds is 3. The molecule has 0 unspecified atom stereocenters. The average molecular weight is 211 g/mol. The maximum atomic E-state index is 11.3. The van der Waals surface area contributed by atoms with E-state index in [2.05, 4.69) is 0 Å². The van der Waals surface area contributed by atoms with Crippen molar-refractivity contribution in [2.75, 3.05) is 0 Å². The molecule has 0 radical (unpaired) electrons. The second kappa shape index (κ2) is 4.07. The number of carbonyl (C=O) groups is 2. The van der Waals surface area contributed by atoms with Crippen LogP contribution in [0.1, 0.15) is 10.4 Å². The van der Waals surface area contributed by atoms with Crippen molar-refractivity contribution in [3.8, 4) is 0 Å². The summed E-state index contributed by atoms with van der Waals surface area (Å²) in [6.45, 7) is 0. The van der Waals surface area contributed by atoms with Crippen LogP contribution in [0.25, 0.3) is 0 Å². The van der Waals surface area contributed by atoms with Crippen LogP contribution >= 0.6 is 0 Å². The Hall–Kier alpha value is -1.92. The van der Waals surface area contributed by atoms with Crippen LogP contribution in [0.4, 0.5) is 0 Å². The molecule has 0 saturated carbocycles. The van der Waals surface area contributed by atoms with Crippen LogP contribution < -0.4 is 5.32 Å². The first-order valence-corrected chi connectivity index (χ1v) is 3.99. The standard InChI is InChI=1S/C9H9NO5/c11-7(6-4-2-1-3-5-6)10-9(14,15)8(12)13/h1-5,14-15H,(H,10,11)(H,12,13). The van der Waals surface area contributed by atoms with Gasteiger partial charge in [0.15, 0.2) is 0 Å². The lowest BCUT2D eigenvalue weighted by molar-refractivity contribution is -0.210. The average Bonchev–Trinajstić information content (AvgIpc) is 2.18. The molecular weight excluding hydrogens is 202 g/mol. The first-order valence-electron chi connectivity index (χ1n) is 3.99. The molecule has 4 N–H and O–H groups in total. The molecule has 0 bridgehead atoms. The van der Waals surface area contributed by atoms with E-state index in [4.69, 9.17) is 15.3 Å². The predicted molar refractivity (Wildman–Crippen MR) is 48.7 cm³/mol. The van der Waals surface area contributed by atoms with Crippen molar-refractivity contribution < 1.29 is 24.9 Å². The third-order valence-electron chi connectivity index (χ3n) is 1.62. The molecule has 0 aromatic heterocycles. The molecule has 80 valence electrons. The molecule has 1 aromatic rings. The first-order chi connectivity index (χ1) is 6.93. The number of nitrogens with one attached hydrogen (secondary N) is 1. The topological polar surface area (TPSA) is 107 Å². The van der Waals surface area contributed by atoms with Crippen LogP contribution in [-0.2, 0) is 4.79 Å². The summed E-state index contributed by atoms with van der Waals surface area (Å²) >= 11 is 0. The van der Waals surface area contributed by atoms with Crippen LogP contribution in [0.2, 0.25) is 0 Å². The van der Waals surface area contributed by atoms with Crippen molar-refractivity contribution in [1.29, 1.82) is 0 Å². The van der Waals surface area contributed by atoms with Crippen LogP contribution in [-0.4, -0.2) is 33.1 Å². The van der Waals surface area contributed by atoms with Gasteiger partial charge in [-0.2, -0.15) is 0 Å². The highest BCUT2D eigenvalue weighted by atomic mass is 16.6. The molecule has 0 spiro atoms. The number of hydrogen-bond acceptors (Lipinski definition) is 4. The van der Waals surface area contributed by atoms with Crippen molar-refractivity contribution in [3.05, 3.63) is 35.9 Å². The minimum Gasteiger partial charge on any atom is -0.476 e. The van der Waals surface area contributed by atoms with Gasteiger partial charge in [0.1, 0.15) is 0 Å². The summed E-state index contributed by atoms with van der Waals surface area (Å²) in [5, 5.41) is 27.6. The first kappa shape index (κ1) is 11.2. The molecule has 15 heavy (non-hydrogen) atoms.